The van der Waals surface area contributed by atoms with E-state index >= 15 is 0 Å². The van der Waals surface area contributed by atoms with Crippen molar-refractivity contribution in [1.82, 2.24) is 52.7 Å². The van der Waals surface area contributed by atoms with E-state index in [1.807, 2.05) is 155 Å². The predicted octanol–water partition coefficient (Wildman–Crippen LogP) is 20.4. The summed E-state index contributed by atoms with van der Waals surface area (Å²) in [6, 6.07) is 68.8. The van der Waals surface area contributed by atoms with E-state index in [2.05, 4.69) is 222 Å². The average molecular weight is 2120 g/mol. The topological polar surface area (TPSA) is 379 Å². The summed E-state index contributed by atoms with van der Waals surface area (Å²) in [5, 5.41) is 0. The molecule has 0 bridgehead atoms. The zero-order valence-corrected chi connectivity index (χ0v) is 87.0. The summed E-state index contributed by atoms with van der Waals surface area (Å²) in [6.07, 6.45) is 17.4. The molecule has 11 heterocycles. The molecule has 31 heteroatoms. The second kappa shape index (κ2) is 39.8. The normalized spacial score (nSPS) is 16.9. The number of amides is 5. The highest BCUT2D eigenvalue weighted by Crippen LogP contribution is 2.47. The number of primary amides is 5. The summed E-state index contributed by atoms with van der Waals surface area (Å²) in [7, 11) is -3.08. The first-order valence-corrected chi connectivity index (χ1v) is 56.7. The van der Waals surface area contributed by atoms with Gasteiger partial charge in [0, 0.05) is 75.4 Å². The van der Waals surface area contributed by atoms with Gasteiger partial charge in [0.2, 0.25) is 0 Å². The second-order valence-corrected chi connectivity index (χ2v) is 50.5. The van der Waals surface area contributed by atoms with Crippen molar-refractivity contribution in [1.29, 1.82) is 0 Å². The number of carbonyl (C=O) groups is 5. The van der Waals surface area contributed by atoms with Crippen LogP contribution >= 0.6 is 38.5 Å². The van der Waals surface area contributed by atoms with Crippen molar-refractivity contribution in [3.05, 3.63) is 405 Å². The Balaban J connectivity index is 0.000000114. The molecule has 5 atom stereocenters. The molecule has 0 spiro atoms. The van der Waals surface area contributed by atoms with Crippen molar-refractivity contribution in [3.63, 3.8) is 0 Å². The molecule has 26 nitrogen and oxygen atoms in total. The number of nitrogens with two attached hydrogens (primary N) is 5. The molecular formula is C113H104BrFIN21O5Si2. The lowest BCUT2D eigenvalue weighted by molar-refractivity contribution is 0.0986. The van der Waals surface area contributed by atoms with Gasteiger partial charge in [-0.25, -0.2) is 29.3 Å². The first-order valence-electron chi connectivity index (χ1n) is 47.9. The SMILES string of the molecule is C[C@@H]1N=C(c2ccccc2)c2cc(C3CC3)ccc2-n2cnc(C(N)=O)c21.C[C@@H]1N=C(c2ccccc2Br)c2cc(C3CC3)ccc2-n2cnc(C(N)=O)c21.C[C@@H]1N=C(c2ccccn2)c2cc(C3CC3)ccc2-n2cnc(C(N)=O)c21.C[C@H]1N=C(c2ccccc2F)c2cc(C#C[Si](C)(C)C)ccc2-n2cnc(C(N)=O)c21.C[C@H]1N=C(c2ccccc2I)c2cc(C#C[Si](C)(C)C)ccc2-n2cnc(C(N)=O)c21. The lowest BCUT2D eigenvalue weighted by Gasteiger charge is -2.14. The van der Waals surface area contributed by atoms with Crippen LogP contribution in [0.1, 0.15) is 286 Å². The molecule has 3 aliphatic carbocycles. The number of pyridine rings is 1. The summed E-state index contributed by atoms with van der Waals surface area (Å²) >= 11 is 6.01. The van der Waals surface area contributed by atoms with Crippen LogP contribution in [0.5, 0.6) is 0 Å². The summed E-state index contributed by atoms with van der Waals surface area (Å²) < 4.78 is 26.5. The standard InChI is InChI=1S/C24H23FN4OSi.C24H23IN4OSi.C22H19BrN4O.C22H20N4O.C21H19N5O/c2*1-15-23-22(24(26)30)27-14-29(23)20-10-9-16(11-12-31(2,3)4)13-18(20)21(28-15)17-7-5-6-8-19(17)25;1-12-21-20(22(24)28)25-11-27(21)18-9-8-14(13-6-7-13)10-16(18)19(26-12)15-4-2-3-5-17(15)23;1-13-21-20(22(23)27)24-12-26(21)18-10-9-16(14-7-8-14)11-17(18)19(25-13)15-5-3-2-4-6-15;1-12-20-19(21(22)27)24-11-26(20)17-8-7-14(13-5-6-13)10-15(17)18(25-12)16-4-2-3-9-23-16/h2*5-10,13-15H,1-4H3,(H2,26,30);2-5,8-13H,6-7H2,1H3,(H2,24,28);2-6,9-14H,7-8H2,1H3,(H2,23,27);2-4,7-13H,5-6H2,1H3,(H2,22,27)/t2*15-;12-;13-;12-/m11000/s1. The van der Waals surface area contributed by atoms with E-state index in [-0.39, 0.29) is 58.5 Å². The molecule has 0 unspecified atom stereocenters. The van der Waals surface area contributed by atoms with E-state index in [1.165, 1.54) is 61.3 Å². The van der Waals surface area contributed by atoms with Crippen LogP contribution in [0.3, 0.4) is 0 Å². The Bertz CT molecular complexity index is 7680. The predicted molar refractivity (Wildman–Crippen MR) is 577 cm³/mol. The number of nitrogens with zero attached hydrogens (tertiary/aromatic N) is 16. The van der Waals surface area contributed by atoms with Crippen LogP contribution in [0, 0.1) is 32.3 Å². The Hall–Kier alpha value is -15.4. The van der Waals surface area contributed by atoms with Crippen molar-refractivity contribution in [2.75, 3.05) is 0 Å². The summed E-state index contributed by atoms with van der Waals surface area (Å²) in [4.78, 5) is 110. The molecule has 0 radical (unpaired) electrons. The number of hydrogen-bond donors (Lipinski definition) is 5. The molecule has 5 aliphatic heterocycles. The third-order valence-electron chi connectivity index (χ3n) is 26.1. The van der Waals surface area contributed by atoms with Crippen LogP contribution < -0.4 is 28.7 Å². The summed E-state index contributed by atoms with van der Waals surface area (Å²) in [5.41, 5.74) is 63.1. The molecule has 720 valence electrons. The maximum absolute atomic E-state index is 14.8. The van der Waals surface area contributed by atoms with Gasteiger partial charge in [-0.2, -0.15) is 0 Å². The number of rotatable bonds is 13. The number of aromatic nitrogens is 11. The molecule has 8 aliphatic rings. The fraction of sp³-hybridized carbons (Fsp3) is 0.221. The van der Waals surface area contributed by atoms with Gasteiger partial charge in [0.1, 0.15) is 53.6 Å². The molecule has 3 saturated carbocycles. The van der Waals surface area contributed by atoms with Gasteiger partial charge in [-0.05, 0) is 239 Å². The van der Waals surface area contributed by atoms with Gasteiger partial charge >= 0.3 is 0 Å². The quantitative estimate of drug-likeness (QED) is 0.0410. The van der Waals surface area contributed by atoms with Gasteiger partial charge < -0.3 is 28.7 Å². The van der Waals surface area contributed by atoms with Crippen molar-refractivity contribution in [2.24, 2.45) is 53.6 Å². The molecule has 6 aromatic heterocycles. The van der Waals surface area contributed by atoms with Crippen molar-refractivity contribution < 1.29 is 28.4 Å². The van der Waals surface area contributed by atoms with Crippen LogP contribution in [0.4, 0.5) is 4.39 Å². The van der Waals surface area contributed by atoms with E-state index in [0.29, 0.717) is 46.1 Å². The molecular weight excluding hydrogens is 2010 g/mol. The van der Waals surface area contributed by atoms with Gasteiger partial charge in [0.25, 0.3) is 29.5 Å². The third kappa shape index (κ3) is 19.9. The van der Waals surface area contributed by atoms with Crippen LogP contribution in [0.25, 0.3) is 28.4 Å². The molecule has 9 aromatic carbocycles. The van der Waals surface area contributed by atoms with Gasteiger partial charge in [0.15, 0.2) is 28.5 Å². The molecule has 5 amide bonds. The van der Waals surface area contributed by atoms with E-state index < -0.39 is 51.7 Å². The highest BCUT2D eigenvalue weighted by molar-refractivity contribution is 14.1. The number of carbonyl (C=O) groups excluding carboxylic acids is 5. The zero-order chi connectivity index (χ0) is 101. The summed E-state index contributed by atoms with van der Waals surface area (Å²) in [6.45, 7) is 23.0. The fourth-order valence-corrected chi connectivity index (χ4v) is 21.0. The highest BCUT2D eigenvalue weighted by Gasteiger charge is 2.38. The van der Waals surface area contributed by atoms with Gasteiger partial charge in [-0.15, -0.1) is 11.1 Å². The lowest BCUT2D eigenvalue weighted by Crippen LogP contribution is -2.16. The minimum absolute atomic E-state index is 0.166. The number of imidazole rings is 5. The first kappa shape index (κ1) is 97.4. The largest absolute Gasteiger partial charge is 0.364 e. The van der Waals surface area contributed by atoms with E-state index in [9.17, 15) is 28.4 Å². The molecule has 144 heavy (non-hydrogen) atoms. The number of halogens is 3. The van der Waals surface area contributed by atoms with E-state index in [4.69, 9.17) is 53.6 Å². The maximum atomic E-state index is 14.8. The van der Waals surface area contributed by atoms with Gasteiger partial charge in [-0.1, -0.05) is 170 Å². The Morgan fingerprint density at radius 3 is 1.00 bits per heavy atom. The van der Waals surface area contributed by atoms with Crippen LogP contribution in [0.2, 0.25) is 39.3 Å². The number of aliphatic imine (C=N–C) groups is 5. The van der Waals surface area contributed by atoms with Crippen molar-refractivity contribution >= 4 is 113 Å². The van der Waals surface area contributed by atoms with Crippen LogP contribution in [-0.4, -0.2) is 127 Å². The molecule has 0 saturated heterocycles. The molecule has 15 aromatic rings. The van der Waals surface area contributed by atoms with E-state index in [1.54, 1.807) is 56.0 Å². The average Bonchev–Trinajstić information content (AvgIpc) is 1.63. The Morgan fingerprint density at radius 1 is 0.340 bits per heavy atom. The number of fused-ring (bicyclic) bond motifs is 15. The Kier molecular flexibility index (Phi) is 26.9. The van der Waals surface area contributed by atoms with E-state index in [0.717, 1.165) is 132 Å². The smallest absolute Gasteiger partial charge is 0.269 e. The lowest BCUT2D eigenvalue weighted by atomic mass is 9.97. The third-order valence-corrected chi connectivity index (χ3v) is 29.4. The summed E-state index contributed by atoms with van der Waals surface area (Å²) in [5.74, 6) is 5.41. The minimum Gasteiger partial charge on any atom is -0.364 e. The first-order chi connectivity index (χ1) is 69.1. The fourth-order valence-electron chi connectivity index (χ4n) is 18.9. The maximum Gasteiger partial charge on any atom is 0.269 e. The van der Waals surface area contributed by atoms with Crippen LogP contribution in [0.15, 0.2) is 280 Å². The van der Waals surface area contributed by atoms with Gasteiger partial charge in [0.05, 0.1) is 121 Å². The second-order valence-electron chi connectivity index (χ2n) is 39.0. The molecule has 23 rings (SSSR count). The number of benzene rings is 9. The highest BCUT2D eigenvalue weighted by atomic mass is 127. The minimum atomic E-state index is -1.57. The van der Waals surface area contributed by atoms with Gasteiger partial charge in [-0.3, -0.25) is 76.8 Å². The number of hydrogen-bond acceptors (Lipinski definition) is 16. The van der Waals surface area contributed by atoms with Crippen molar-refractivity contribution in [3.8, 4) is 51.4 Å². The zero-order valence-electron chi connectivity index (χ0n) is 81.3. The van der Waals surface area contributed by atoms with Crippen molar-refractivity contribution in [2.45, 2.75) is 160 Å². The monoisotopic (exact) mass is 2120 g/mol. The van der Waals surface area contributed by atoms with Crippen LogP contribution in [-0.2, 0) is 0 Å². The molecule has 10 N–H and O–H groups in total. The Morgan fingerprint density at radius 2 is 0.646 bits per heavy atom. The Labute approximate surface area is 857 Å². The molecule has 3 fully saturated rings.